The monoisotopic (exact) mass is 419 g/mol. The summed E-state index contributed by atoms with van der Waals surface area (Å²) in [6, 6.07) is 21.0. The number of benzene rings is 3. The molecular weight excluding hydrogens is 401 g/mol. The molecule has 0 fully saturated rings. The molecule has 0 saturated heterocycles. The average Bonchev–Trinajstić information content (AvgIpc) is 3.14. The molecule has 4 aromatic rings. The van der Waals surface area contributed by atoms with Crippen molar-refractivity contribution in [2.24, 2.45) is 0 Å². The molecule has 1 aliphatic heterocycles. The molecule has 0 unspecified atom stereocenters. The fourth-order valence-electron chi connectivity index (χ4n) is 4.20. The van der Waals surface area contributed by atoms with Crippen molar-refractivity contribution in [3.8, 4) is 0 Å². The number of hydrogen-bond donors (Lipinski definition) is 2. The zero-order valence-corrected chi connectivity index (χ0v) is 16.8. The molecule has 1 aliphatic rings. The molecule has 0 spiro atoms. The Morgan fingerprint density at radius 3 is 2.57 bits per heavy atom. The highest BCUT2D eigenvalue weighted by Gasteiger charge is 2.34. The minimum Gasteiger partial charge on any atom is -0.356 e. The minimum absolute atomic E-state index is 0.248. The topological polar surface area (TPSA) is 48.1 Å². The van der Waals surface area contributed by atoms with E-state index in [9.17, 15) is 9.18 Å². The van der Waals surface area contributed by atoms with Crippen molar-refractivity contribution >= 4 is 34.2 Å². The van der Waals surface area contributed by atoms with Crippen molar-refractivity contribution in [2.45, 2.75) is 12.5 Å². The lowest BCUT2D eigenvalue weighted by atomic mass is 9.92. The van der Waals surface area contributed by atoms with Crippen LogP contribution in [-0.2, 0) is 6.42 Å². The molecule has 1 atom stereocenters. The summed E-state index contributed by atoms with van der Waals surface area (Å²) < 4.78 is 13.6. The van der Waals surface area contributed by atoms with Gasteiger partial charge < -0.3 is 15.2 Å². The van der Waals surface area contributed by atoms with Crippen LogP contribution < -0.4 is 5.32 Å². The summed E-state index contributed by atoms with van der Waals surface area (Å²) in [6.45, 7) is 0.535. The number of aromatic nitrogens is 1. The number of nitrogens with one attached hydrogen (secondary N) is 2. The lowest BCUT2D eigenvalue weighted by Gasteiger charge is -2.36. The van der Waals surface area contributed by atoms with Gasteiger partial charge in [0.2, 0.25) is 0 Å². The van der Waals surface area contributed by atoms with Gasteiger partial charge >= 0.3 is 6.03 Å². The second kappa shape index (κ2) is 7.50. The number of rotatable bonds is 2. The third kappa shape index (κ3) is 3.21. The number of H-pyrrole nitrogens is 1. The predicted molar refractivity (Wildman–Crippen MR) is 117 cm³/mol. The van der Waals surface area contributed by atoms with E-state index in [4.69, 9.17) is 11.6 Å². The van der Waals surface area contributed by atoms with Crippen LogP contribution in [0.25, 0.3) is 10.9 Å². The number of para-hydroxylation sites is 2. The molecule has 6 heteroatoms. The van der Waals surface area contributed by atoms with E-state index in [2.05, 4.69) is 16.4 Å². The second-order valence-corrected chi connectivity index (χ2v) is 7.78. The summed E-state index contributed by atoms with van der Waals surface area (Å²) in [4.78, 5) is 18.5. The Morgan fingerprint density at radius 1 is 1.03 bits per heavy atom. The van der Waals surface area contributed by atoms with Crippen molar-refractivity contribution in [3.63, 3.8) is 0 Å². The Labute approximate surface area is 178 Å². The predicted octanol–water partition coefficient (Wildman–Crippen LogP) is 6.14. The van der Waals surface area contributed by atoms with Gasteiger partial charge in [0, 0.05) is 23.1 Å². The van der Waals surface area contributed by atoms with Crippen LogP contribution >= 0.6 is 11.6 Å². The number of aromatic amines is 1. The first-order chi connectivity index (χ1) is 14.6. The maximum Gasteiger partial charge on any atom is 0.322 e. The van der Waals surface area contributed by atoms with Crippen LogP contribution in [0.3, 0.4) is 0 Å². The maximum atomic E-state index is 13.6. The number of hydrogen-bond acceptors (Lipinski definition) is 1. The standard InChI is InChI=1S/C24H19ClFN3O/c25-19-6-2-4-8-21(19)28-24(30)29-14-13-18-17-5-1-3-7-20(17)27-22(18)23(29)15-9-11-16(26)12-10-15/h1-12,23,27H,13-14H2,(H,28,30)/t23-/m1/s1. The normalized spacial score (nSPS) is 15.8. The molecule has 0 aliphatic carbocycles. The Hall–Kier alpha value is -3.31. The van der Waals surface area contributed by atoms with E-state index in [0.717, 1.165) is 28.6 Å². The van der Waals surface area contributed by atoms with Crippen LogP contribution in [0.2, 0.25) is 5.02 Å². The van der Waals surface area contributed by atoms with Crippen LogP contribution in [0.15, 0.2) is 72.8 Å². The van der Waals surface area contributed by atoms with E-state index in [0.29, 0.717) is 17.3 Å². The van der Waals surface area contributed by atoms with Gasteiger partial charge in [0.05, 0.1) is 16.8 Å². The highest BCUT2D eigenvalue weighted by atomic mass is 35.5. The average molecular weight is 420 g/mol. The van der Waals surface area contributed by atoms with E-state index in [1.807, 2.05) is 30.3 Å². The molecule has 0 bridgehead atoms. The van der Waals surface area contributed by atoms with Crippen molar-refractivity contribution in [1.82, 2.24) is 9.88 Å². The largest absolute Gasteiger partial charge is 0.356 e. The molecule has 2 heterocycles. The lowest BCUT2D eigenvalue weighted by molar-refractivity contribution is 0.193. The fraction of sp³-hybridized carbons (Fsp3) is 0.125. The summed E-state index contributed by atoms with van der Waals surface area (Å²) in [7, 11) is 0. The molecule has 3 aromatic carbocycles. The molecule has 5 rings (SSSR count). The Morgan fingerprint density at radius 2 is 1.77 bits per heavy atom. The van der Waals surface area contributed by atoms with E-state index in [-0.39, 0.29) is 17.9 Å². The minimum atomic E-state index is -0.357. The molecule has 150 valence electrons. The van der Waals surface area contributed by atoms with Gasteiger partial charge in [0.15, 0.2) is 0 Å². The Bertz CT molecular complexity index is 1230. The number of carbonyl (C=O) groups is 1. The van der Waals surface area contributed by atoms with E-state index in [1.54, 1.807) is 29.2 Å². The molecule has 0 radical (unpaired) electrons. The van der Waals surface area contributed by atoms with Gasteiger partial charge in [-0.05, 0) is 47.9 Å². The summed E-state index contributed by atoms with van der Waals surface area (Å²) in [5.74, 6) is -0.307. The van der Waals surface area contributed by atoms with Crippen LogP contribution in [0.1, 0.15) is 22.9 Å². The zero-order chi connectivity index (χ0) is 20.7. The molecule has 2 amide bonds. The number of urea groups is 1. The second-order valence-electron chi connectivity index (χ2n) is 7.37. The van der Waals surface area contributed by atoms with E-state index < -0.39 is 0 Å². The van der Waals surface area contributed by atoms with Gasteiger partial charge in [-0.1, -0.05) is 54.1 Å². The molecule has 0 saturated carbocycles. The molecule has 4 nitrogen and oxygen atoms in total. The van der Waals surface area contributed by atoms with Crippen molar-refractivity contribution in [3.05, 3.63) is 100 Å². The third-order valence-corrected chi connectivity index (χ3v) is 5.93. The zero-order valence-electron chi connectivity index (χ0n) is 16.0. The van der Waals surface area contributed by atoms with Crippen LogP contribution in [-0.4, -0.2) is 22.5 Å². The maximum absolute atomic E-state index is 13.6. The van der Waals surface area contributed by atoms with Gasteiger partial charge in [0.1, 0.15) is 5.82 Å². The highest BCUT2D eigenvalue weighted by Crippen LogP contribution is 2.39. The van der Waals surface area contributed by atoms with Gasteiger partial charge in [-0.3, -0.25) is 0 Å². The van der Waals surface area contributed by atoms with Crippen molar-refractivity contribution in [1.29, 1.82) is 0 Å². The van der Waals surface area contributed by atoms with Crippen molar-refractivity contribution < 1.29 is 9.18 Å². The van der Waals surface area contributed by atoms with Crippen LogP contribution in [0.4, 0.5) is 14.9 Å². The first-order valence-electron chi connectivity index (χ1n) is 9.79. The number of halogens is 2. The van der Waals surface area contributed by atoms with Crippen molar-refractivity contribution in [2.75, 3.05) is 11.9 Å². The molecule has 1 aromatic heterocycles. The lowest BCUT2D eigenvalue weighted by Crippen LogP contribution is -2.43. The van der Waals surface area contributed by atoms with Gasteiger partial charge in [-0.25, -0.2) is 9.18 Å². The number of carbonyl (C=O) groups excluding carboxylic acids is 1. The Balaban J connectivity index is 1.59. The quantitative estimate of drug-likeness (QED) is 0.402. The first kappa shape index (κ1) is 18.7. The number of anilines is 1. The highest BCUT2D eigenvalue weighted by molar-refractivity contribution is 6.33. The summed E-state index contributed by atoms with van der Waals surface area (Å²) in [5, 5.41) is 4.56. The van der Waals surface area contributed by atoms with Gasteiger partial charge in [-0.2, -0.15) is 0 Å². The Kier molecular flexibility index (Phi) is 4.68. The summed E-state index contributed by atoms with van der Waals surface area (Å²) in [5.41, 5.74) is 4.59. The molecule has 30 heavy (non-hydrogen) atoms. The van der Waals surface area contributed by atoms with Gasteiger partial charge in [0.25, 0.3) is 0 Å². The number of fused-ring (bicyclic) bond motifs is 3. The summed E-state index contributed by atoms with van der Waals surface area (Å²) >= 11 is 6.23. The number of nitrogens with zero attached hydrogens (tertiary/aromatic N) is 1. The molecular formula is C24H19ClFN3O. The summed E-state index contributed by atoms with van der Waals surface area (Å²) in [6.07, 6.45) is 0.729. The smallest absolute Gasteiger partial charge is 0.322 e. The van der Waals surface area contributed by atoms with E-state index in [1.165, 1.54) is 17.7 Å². The SMILES string of the molecule is O=C(Nc1ccccc1Cl)N1CCc2c([nH]c3ccccc23)[C@H]1c1ccc(F)cc1. The number of amides is 2. The third-order valence-electron chi connectivity index (χ3n) is 5.60. The van der Waals surface area contributed by atoms with Crippen LogP contribution in [0.5, 0.6) is 0 Å². The first-order valence-corrected chi connectivity index (χ1v) is 10.2. The fourth-order valence-corrected chi connectivity index (χ4v) is 4.38. The molecule has 2 N–H and O–H groups in total. The van der Waals surface area contributed by atoms with Gasteiger partial charge in [-0.15, -0.1) is 0 Å². The van der Waals surface area contributed by atoms with Crippen LogP contribution in [0, 0.1) is 5.82 Å². The van der Waals surface area contributed by atoms with E-state index >= 15 is 0 Å².